The molecule has 15 heavy (non-hydrogen) atoms. The molecule has 0 fully saturated rings. The average Bonchev–Trinajstić information content (AvgIpc) is 2.25. The molecule has 3 N–H and O–H groups in total. The zero-order chi connectivity index (χ0) is 11.1. The van der Waals surface area contributed by atoms with Crippen LogP contribution in [0.3, 0.4) is 0 Å². The maximum atomic E-state index is 10.2. The number of benzene rings is 1. The standard InChI is InChI=1S/C11H13NO3/c13-8-10(12-7-6-11(14)15)9-4-2-1-3-5-9/h1-7,10,12-13H,8H2,(H,14,15)/b7-6+. The van der Waals surface area contributed by atoms with E-state index in [2.05, 4.69) is 5.32 Å². The van der Waals surface area contributed by atoms with E-state index in [0.29, 0.717) is 0 Å². The zero-order valence-electron chi connectivity index (χ0n) is 8.13. The lowest BCUT2D eigenvalue weighted by Crippen LogP contribution is -2.19. The summed E-state index contributed by atoms with van der Waals surface area (Å²) in [6.45, 7) is -0.0893. The second kappa shape index (κ2) is 5.82. The minimum absolute atomic E-state index is 0.0893. The number of aliphatic hydroxyl groups is 1. The van der Waals surface area contributed by atoms with Crippen molar-refractivity contribution in [3.63, 3.8) is 0 Å². The Bertz CT molecular complexity index is 335. The first-order chi connectivity index (χ1) is 7.24. The van der Waals surface area contributed by atoms with Gasteiger partial charge in [-0.15, -0.1) is 0 Å². The second-order valence-corrected chi connectivity index (χ2v) is 2.98. The number of carboxylic acid groups (broad SMARTS) is 1. The fraction of sp³-hybridized carbons (Fsp3) is 0.182. The number of hydrogen-bond acceptors (Lipinski definition) is 3. The summed E-state index contributed by atoms with van der Waals surface area (Å²) < 4.78 is 0. The summed E-state index contributed by atoms with van der Waals surface area (Å²) in [6.07, 6.45) is 2.31. The monoisotopic (exact) mass is 207 g/mol. The van der Waals surface area contributed by atoms with Gasteiger partial charge in [0.1, 0.15) is 0 Å². The summed E-state index contributed by atoms with van der Waals surface area (Å²) in [4.78, 5) is 10.2. The number of carboxylic acids is 1. The van der Waals surface area contributed by atoms with Gasteiger partial charge in [0.15, 0.2) is 0 Å². The van der Waals surface area contributed by atoms with E-state index in [0.717, 1.165) is 11.6 Å². The maximum absolute atomic E-state index is 10.2. The van der Waals surface area contributed by atoms with Crippen molar-refractivity contribution in [2.75, 3.05) is 6.61 Å². The molecule has 1 aromatic rings. The van der Waals surface area contributed by atoms with Crippen molar-refractivity contribution in [2.45, 2.75) is 6.04 Å². The second-order valence-electron chi connectivity index (χ2n) is 2.98. The largest absolute Gasteiger partial charge is 0.478 e. The van der Waals surface area contributed by atoms with Crippen LogP contribution < -0.4 is 5.32 Å². The molecule has 0 aliphatic rings. The van der Waals surface area contributed by atoms with Crippen molar-refractivity contribution < 1.29 is 15.0 Å². The van der Waals surface area contributed by atoms with Crippen LogP contribution in [-0.4, -0.2) is 22.8 Å². The van der Waals surface area contributed by atoms with E-state index in [1.165, 1.54) is 6.20 Å². The van der Waals surface area contributed by atoms with Gasteiger partial charge in [0.2, 0.25) is 0 Å². The minimum Gasteiger partial charge on any atom is -0.478 e. The molecule has 0 saturated carbocycles. The normalized spacial score (nSPS) is 12.6. The third-order valence-corrected chi connectivity index (χ3v) is 1.91. The van der Waals surface area contributed by atoms with Crippen LogP contribution in [0.2, 0.25) is 0 Å². The van der Waals surface area contributed by atoms with E-state index in [1.807, 2.05) is 30.3 Å². The molecular weight excluding hydrogens is 194 g/mol. The number of nitrogens with one attached hydrogen (secondary N) is 1. The summed E-state index contributed by atoms with van der Waals surface area (Å²) in [6, 6.07) is 9.05. The number of aliphatic carboxylic acids is 1. The number of carbonyl (C=O) groups is 1. The molecule has 0 spiro atoms. The van der Waals surface area contributed by atoms with E-state index in [9.17, 15) is 4.79 Å². The molecule has 4 nitrogen and oxygen atoms in total. The van der Waals surface area contributed by atoms with Crippen molar-refractivity contribution in [2.24, 2.45) is 0 Å². The molecule has 0 aliphatic carbocycles. The fourth-order valence-electron chi connectivity index (χ4n) is 1.18. The van der Waals surface area contributed by atoms with E-state index in [4.69, 9.17) is 10.2 Å². The molecule has 1 unspecified atom stereocenters. The van der Waals surface area contributed by atoms with Crippen LogP contribution in [0.5, 0.6) is 0 Å². The van der Waals surface area contributed by atoms with E-state index in [1.54, 1.807) is 0 Å². The van der Waals surface area contributed by atoms with Crippen molar-refractivity contribution in [3.05, 3.63) is 48.2 Å². The molecule has 80 valence electrons. The third-order valence-electron chi connectivity index (χ3n) is 1.91. The quantitative estimate of drug-likeness (QED) is 0.628. The Morgan fingerprint density at radius 2 is 2.07 bits per heavy atom. The van der Waals surface area contributed by atoms with Gasteiger partial charge in [-0.05, 0) is 5.56 Å². The van der Waals surface area contributed by atoms with Crippen molar-refractivity contribution in [1.82, 2.24) is 5.32 Å². The number of hydrogen-bond donors (Lipinski definition) is 3. The summed E-state index contributed by atoms with van der Waals surface area (Å²) in [5.74, 6) is -1.02. The van der Waals surface area contributed by atoms with Gasteiger partial charge in [-0.2, -0.15) is 0 Å². The summed E-state index contributed by atoms with van der Waals surface area (Å²) in [7, 11) is 0. The molecule has 1 aromatic carbocycles. The lowest BCUT2D eigenvalue weighted by molar-refractivity contribution is -0.131. The molecule has 0 saturated heterocycles. The number of aliphatic hydroxyl groups excluding tert-OH is 1. The van der Waals surface area contributed by atoms with E-state index in [-0.39, 0.29) is 12.6 Å². The molecule has 1 rings (SSSR count). The third kappa shape index (κ3) is 3.83. The molecule has 0 bridgehead atoms. The molecular formula is C11H13NO3. The predicted molar refractivity (Wildman–Crippen MR) is 56.2 cm³/mol. The van der Waals surface area contributed by atoms with Crippen molar-refractivity contribution >= 4 is 5.97 Å². The topological polar surface area (TPSA) is 69.6 Å². The highest BCUT2D eigenvalue weighted by atomic mass is 16.4. The zero-order valence-corrected chi connectivity index (χ0v) is 8.13. The summed E-state index contributed by atoms with van der Waals surface area (Å²) >= 11 is 0. The van der Waals surface area contributed by atoms with Gasteiger partial charge in [0.05, 0.1) is 12.6 Å². The average molecular weight is 207 g/mol. The van der Waals surface area contributed by atoms with Crippen molar-refractivity contribution in [3.8, 4) is 0 Å². The maximum Gasteiger partial charge on any atom is 0.329 e. The molecule has 0 radical (unpaired) electrons. The van der Waals surface area contributed by atoms with Gasteiger partial charge in [-0.1, -0.05) is 30.3 Å². The smallest absolute Gasteiger partial charge is 0.329 e. The minimum atomic E-state index is -1.02. The van der Waals surface area contributed by atoms with Crippen LogP contribution in [0.25, 0.3) is 0 Å². The summed E-state index contributed by atoms with van der Waals surface area (Å²) in [5, 5.41) is 20.3. The van der Waals surface area contributed by atoms with E-state index >= 15 is 0 Å². The fourth-order valence-corrected chi connectivity index (χ4v) is 1.18. The lowest BCUT2D eigenvalue weighted by Gasteiger charge is -2.14. The predicted octanol–water partition coefficient (Wildman–Crippen LogP) is 0.908. The highest BCUT2D eigenvalue weighted by molar-refractivity contribution is 5.79. The van der Waals surface area contributed by atoms with E-state index < -0.39 is 5.97 Å². The van der Waals surface area contributed by atoms with Crippen LogP contribution >= 0.6 is 0 Å². The molecule has 0 aliphatic heterocycles. The Balaban J connectivity index is 2.61. The van der Waals surface area contributed by atoms with Gasteiger partial charge in [-0.25, -0.2) is 4.79 Å². The Morgan fingerprint density at radius 3 is 2.60 bits per heavy atom. The van der Waals surface area contributed by atoms with Crippen LogP contribution in [0.4, 0.5) is 0 Å². The first-order valence-corrected chi connectivity index (χ1v) is 4.55. The van der Waals surface area contributed by atoms with Gasteiger partial charge in [-0.3, -0.25) is 0 Å². The Labute approximate surface area is 87.9 Å². The molecule has 0 amide bonds. The molecule has 0 heterocycles. The van der Waals surface area contributed by atoms with Gasteiger partial charge in [0, 0.05) is 12.3 Å². The summed E-state index contributed by atoms with van der Waals surface area (Å²) in [5.41, 5.74) is 0.912. The highest BCUT2D eigenvalue weighted by Crippen LogP contribution is 2.10. The highest BCUT2D eigenvalue weighted by Gasteiger charge is 2.06. The van der Waals surface area contributed by atoms with Crippen LogP contribution in [0, 0.1) is 0 Å². The molecule has 4 heteroatoms. The van der Waals surface area contributed by atoms with Crippen LogP contribution in [0.1, 0.15) is 11.6 Å². The van der Waals surface area contributed by atoms with Crippen LogP contribution in [0.15, 0.2) is 42.6 Å². The van der Waals surface area contributed by atoms with Gasteiger partial charge >= 0.3 is 5.97 Å². The Kier molecular flexibility index (Phi) is 4.37. The van der Waals surface area contributed by atoms with Gasteiger partial charge in [0.25, 0.3) is 0 Å². The first kappa shape index (κ1) is 11.3. The molecule has 0 aromatic heterocycles. The number of rotatable bonds is 5. The SMILES string of the molecule is O=C(O)/C=C/NC(CO)c1ccccc1. The van der Waals surface area contributed by atoms with Crippen molar-refractivity contribution in [1.29, 1.82) is 0 Å². The molecule has 1 atom stereocenters. The van der Waals surface area contributed by atoms with Crippen LogP contribution in [-0.2, 0) is 4.79 Å². The first-order valence-electron chi connectivity index (χ1n) is 4.55. The Morgan fingerprint density at radius 1 is 1.40 bits per heavy atom. The van der Waals surface area contributed by atoms with Gasteiger partial charge < -0.3 is 15.5 Å². The lowest BCUT2D eigenvalue weighted by atomic mass is 10.1. The Hall–Kier alpha value is -1.81.